The van der Waals surface area contributed by atoms with Crippen molar-refractivity contribution >= 4 is 0 Å². The Kier molecular flexibility index (Phi) is 3.98. The smallest absolute Gasteiger partial charge is 0.0618 e. The molecule has 0 unspecified atom stereocenters. The Bertz CT molecular complexity index is 130. The number of likely N-dealkylation sites (N-methyl/N-ethyl adjacent to an activating group) is 1. The van der Waals surface area contributed by atoms with Crippen LogP contribution in [0.1, 0.15) is 6.42 Å². The van der Waals surface area contributed by atoms with E-state index in [0.717, 1.165) is 19.8 Å². The normalized spacial score (nSPS) is 31.2. The summed E-state index contributed by atoms with van der Waals surface area (Å²) in [6.45, 7) is 2.86. The van der Waals surface area contributed by atoms with Crippen molar-refractivity contribution < 1.29 is 9.47 Å². The van der Waals surface area contributed by atoms with Crippen LogP contribution in [0.3, 0.4) is 0 Å². The van der Waals surface area contributed by atoms with Gasteiger partial charge in [-0.05, 0) is 19.4 Å². The van der Waals surface area contributed by atoms with Gasteiger partial charge < -0.3 is 14.4 Å². The third-order valence-electron chi connectivity index (χ3n) is 2.54. The van der Waals surface area contributed by atoms with Crippen molar-refractivity contribution in [2.24, 2.45) is 5.92 Å². The molecule has 0 saturated carbocycles. The van der Waals surface area contributed by atoms with Gasteiger partial charge in [-0.15, -0.1) is 0 Å². The summed E-state index contributed by atoms with van der Waals surface area (Å²) in [7, 11) is 5.68. The van der Waals surface area contributed by atoms with Crippen LogP contribution in [-0.4, -0.2) is 52.0 Å². The van der Waals surface area contributed by atoms with E-state index in [1.54, 1.807) is 14.2 Å². The minimum atomic E-state index is 0.593. The highest BCUT2D eigenvalue weighted by atomic mass is 16.5. The third-order valence-corrected chi connectivity index (χ3v) is 2.54. The molecule has 0 aromatic carbocycles. The molecule has 2 atom stereocenters. The molecule has 1 saturated heterocycles. The predicted molar refractivity (Wildman–Crippen MR) is 48.3 cm³/mol. The van der Waals surface area contributed by atoms with Gasteiger partial charge in [-0.3, -0.25) is 0 Å². The minimum absolute atomic E-state index is 0.593. The lowest BCUT2D eigenvalue weighted by Crippen LogP contribution is -2.28. The fourth-order valence-corrected chi connectivity index (χ4v) is 1.94. The largest absolute Gasteiger partial charge is 0.384 e. The second-order valence-electron chi connectivity index (χ2n) is 3.61. The molecule has 3 nitrogen and oxygen atoms in total. The Hall–Kier alpha value is -0.120. The molecule has 1 fully saturated rings. The Morgan fingerprint density at radius 3 is 2.50 bits per heavy atom. The lowest BCUT2D eigenvalue weighted by Gasteiger charge is -2.17. The summed E-state index contributed by atoms with van der Waals surface area (Å²) in [6.07, 6.45) is 1.21. The van der Waals surface area contributed by atoms with Gasteiger partial charge in [0, 0.05) is 26.8 Å². The maximum absolute atomic E-state index is 5.14. The van der Waals surface area contributed by atoms with E-state index < -0.39 is 0 Å². The van der Waals surface area contributed by atoms with Crippen LogP contribution in [0.4, 0.5) is 0 Å². The van der Waals surface area contributed by atoms with Crippen LogP contribution in [0, 0.1) is 5.92 Å². The van der Waals surface area contributed by atoms with E-state index in [-0.39, 0.29) is 0 Å². The first-order valence-corrected chi connectivity index (χ1v) is 4.46. The van der Waals surface area contributed by atoms with Crippen LogP contribution < -0.4 is 0 Å². The quantitative estimate of drug-likeness (QED) is 0.621. The van der Waals surface area contributed by atoms with Crippen LogP contribution in [0.25, 0.3) is 0 Å². The molecule has 12 heavy (non-hydrogen) atoms. The number of hydrogen-bond acceptors (Lipinski definition) is 3. The molecule has 0 bridgehead atoms. The van der Waals surface area contributed by atoms with Crippen LogP contribution in [0.5, 0.6) is 0 Å². The fraction of sp³-hybridized carbons (Fsp3) is 1.00. The van der Waals surface area contributed by atoms with Gasteiger partial charge in [0.05, 0.1) is 13.2 Å². The van der Waals surface area contributed by atoms with Gasteiger partial charge in [0.1, 0.15) is 0 Å². The van der Waals surface area contributed by atoms with Crippen molar-refractivity contribution in [2.75, 3.05) is 41.0 Å². The van der Waals surface area contributed by atoms with Gasteiger partial charge >= 0.3 is 0 Å². The number of ether oxygens (including phenoxy) is 2. The summed E-state index contributed by atoms with van der Waals surface area (Å²) in [5, 5.41) is 0. The average Bonchev–Trinajstić information content (AvgIpc) is 2.34. The van der Waals surface area contributed by atoms with Gasteiger partial charge in [0.15, 0.2) is 0 Å². The zero-order chi connectivity index (χ0) is 8.97. The van der Waals surface area contributed by atoms with Crippen LogP contribution in [0.15, 0.2) is 0 Å². The number of hydrogen-bond donors (Lipinski definition) is 0. The molecule has 72 valence electrons. The van der Waals surface area contributed by atoms with Crippen molar-refractivity contribution in [2.45, 2.75) is 12.5 Å². The standard InChI is InChI=1S/C9H19NO2/c1-10-5-8(6-11-2)4-9(10)7-12-3/h8-9H,4-7H2,1-3H3/t8-,9-/m0/s1. The zero-order valence-corrected chi connectivity index (χ0v) is 8.25. The second kappa shape index (κ2) is 4.80. The lowest BCUT2D eigenvalue weighted by molar-refractivity contribution is 0.129. The molecular formula is C9H19NO2. The van der Waals surface area contributed by atoms with Gasteiger partial charge in [-0.1, -0.05) is 0 Å². The van der Waals surface area contributed by atoms with Gasteiger partial charge in [0.25, 0.3) is 0 Å². The summed E-state index contributed by atoms with van der Waals surface area (Å²) in [5.41, 5.74) is 0. The SMILES string of the molecule is COC[C@H]1C[C@@H](COC)N(C)C1. The number of methoxy groups -OCH3 is 2. The van der Waals surface area contributed by atoms with Crippen molar-refractivity contribution in [3.63, 3.8) is 0 Å². The van der Waals surface area contributed by atoms with Gasteiger partial charge in [-0.2, -0.15) is 0 Å². The molecular weight excluding hydrogens is 154 g/mol. The Labute approximate surface area is 74.6 Å². The molecule has 1 heterocycles. The summed E-state index contributed by atoms with van der Waals surface area (Å²) >= 11 is 0. The first-order chi connectivity index (χ1) is 5.77. The van der Waals surface area contributed by atoms with Gasteiger partial charge in [-0.25, -0.2) is 0 Å². The first-order valence-electron chi connectivity index (χ1n) is 4.46. The second-order valence-corrected chi connectivity index (χ2v) is 3.61. The maximum Gasteiger partial charge on any atom is 0.0618 e. The summed E-state index contributed by atoms with van der Waals surface area (Å²) in [6, 6.07) is 0.593. The molecule has 0 N–H and O–H groups in total. The van der Waals surface area contributed by atoms with Crippen LogP contribution in [0.2, 0.25) is 0 Å². The van der Waals surface area contributed by atoms with Gasteiger partial charge in [0.2, 0.25) is 0 Å². The van der Waals surface area contributed by atoms with E-state index in [1.165, 1.54) is 6.42 Å². The van der Waals surface area contributed by atoms with E-state index in [2.05, 4.69) is 11.9 Å². The highest BCUT2D eigenvalue weighted by Gasteiger charge is 2.28. The van der Waals surface area contributed by atoms with Crippen molar-refractivity contribution in [1.29, 1.82) is 0 Å². The van der Waals surface area contributed by atoms with E-state index in [1.807, 2.05) is 0 Å². The monoisotopic (exact) mass is 173 g/mol. The van der Waals surface area contributed by atoms with Crippen LogP contribution in [-0.2, 0) is 9.47 Å². The highest BCUT2D eigenvalue weighted by Crippen LogP contribution is 2.21. The molecule has 0 amide bonds. The number of rotatable bonds is 4. The van der Waals surface area contributed by atoms with Crippen LogP contribution >= 0.6 is 0 Å². The molecule has 1 rings (SSSR count). The number of likely N-dealkylation sites (tertiary alicyclic amines) is 1. The molecule has 1 aliphatic heterocycles. The molecule has 3 heteroatoms. The average molecular weight is 173 g/mol. The minimum Gasteiger partial charge on any atom is -0.384 e. The molecule has 0 spiro atoms. The van der Waals surface area contributed by atoms with E-state index >= 15 is 0 Å². The van der Waals surface area contributed by atoms with E-state index in [4.69, 9.17) is 9.47 Å². The maximum atomic E-state index is 5.14. The molecule has 0 aromatic rings. The predicted octanol–water partition coefficient (Wildman–Crippen LogP) is 0.599. The Morgan fingerprint density at radius 2 is 1.92 bits per heavy atom. The Morgan fingerprint density at radius 1 is 1.25 bits per heavy atom. The summed E-state index contributed by atoms with van der Waals surface area (Å²) in [5.74, 6) is 0.695. The van der Waals surface area contributed by atoms with E-state index in [9.17, 15) is 0 Å². The molecule has 0 radical (unpaired) electrons. The molecule has 1 aliphatic rings. The number of nitrogens with zero attached hydrogens (tertiary/aromatic N) is 1. The fourth-order valence-electron chi connectivity index (χ4n) is 1.94. The molecule has 0 aromatic heterocycles. The Balaban J connectivity index is 2.29. The summed E-state index contributed by atoms with van der Waals surface area (Å²) in [4.78, 5) is 2.35. The van der Waals surface area contributed by atoms with Crippen molar-refractivity contribution in [3.8, 4) is 0 Å². The summed E-state index contributed by atoms with van der Waals surface area (Å²) < 4.78 is 10.3. The topological polar surface area (TPSA) is 21.7 Å². The van der Waals surface area contributed by atoms with Crippen molar-refractivity contribution in [3.05, 3.63) is 0 Å². The lowest BCUT2D eigenvalue weighted by atomic mass is 10.1. The first kappa shape index (κ1) is 9.96. The van der Waals surface area contributed by atoms with E-state index in [0.29, 0.717) is 12.0 Å². The zero-order valence-electron chi connectivity index (χ0n) is 8.25. The third kappa shape index (κ3) is 2.44. The highest BCUT2D eigenvalue weighted by molar-refractivity contribution is 4.82. The van der Waals surface area contributed by atoms with Crippen molar-refractivity contribution in [1.82, 2.24) is 4.90 Å². The molecule has 0 aliphatic carbocycles.